The summed E-state index contributed by atoms with van der Waals surface area (Å²) in [5, 5.41) is 3.25. The van der Waals surface area contributed by atoms with E-state index in [0.717, 1.165) is 11.1 Å². The summed E-state index contributed by atoms with van der Waals surface area (Å²) >= 11 is 0. The third kappa shape index (κ3) is 2.56. The van der Waals surface area contributed by atoms with E-state index < -0.39 is 5.91 Å². The highest BCUT2D eigenvalue weighted by molar-refractivity contribution is 6.05. The van der Waals surface area contributed by atoms with Gasteiger partial charge in [-0.05, 0) is 36.8 Å². The molecule has 4 heteroatoms. The van der Waals surface area contributed by atoms with Gasteiger partial charge in [0.1, 0.15) is 5.56 Å². The van der Waals surface area contributed by atoms with Gasteiger partial charge in [-0.3, -0.25) is 9.59 Å². The quantitative estimate of drug-likeness (QED) is 0.756. The topological polar surface area (TPSA) is 62.0 Å². The smallest absolute Gasteiger partial charge is 0.261 e. The highest BCUT2D eigenvalue weighted by Gasteiger charge is 2.12. The number of H-pyrrole nitrogens is 1. The minimum Gasteiger partial charge on any atom is -0.360 e. The number of fused-ring (bicyclic) bond motifs is 1. The van der Waals surface area contributed by atoms with Gasteiger partial charge >= 0.3 is 0 Å². The van der Waals surface area contributed by atoms with E-state index in [1.807, 2.05) is 31.2 Å². The number of aromatic nitrogens is 1. The zero-order valence-corrected chi connectivity index (χ0v) is 11.5. The highest BCUT2D eigenvalue weighted by Crippen LogP contribution is 2.12. The molecular formula is C17H14N2O2. The lowest BCUT2D eigenvalue weighted by atomic mass is 10.1. The van der Waals surface area contributed by atoms with Gasteiger partial charge in [-0.1, -0.05) is 24.3 Å². The molecule has 0 saturated heterocycles. The van der Waals surface area contributed by atoms with Crippen molar-refractivity contribution in [3.63, 3.8) is 0 Å². The molecule has 0 saturated carbocycles. The number of pyridine rings is 1. The molecule has 0 radical (unpaired) electrons. The predicted octanol–water partition coefficient (Wildman–Crippen LogP) is 3.09. The summed E-state index contributed by atoms with van der Waals surface area (Å²) in [6.45, 7) is 1.94. The zero-order valence-electron chi connectivity index (χ0n) is 11.5. The molecule has 0 aliphatic rings. The number of anilines is 1. The van der Waals surface area contributed by atoms with Crippen molar-refractivity contribution in [3.05, 3.63) is 76.1 Å². The number of amides is 1. The molecule has 4 nitrogen and oxygen atoms in total. The number of hydrogen-bond donors (Lipinski definition) is 2. The number of aryl methyl sites for hydroxylation is 1. The van der Waals surface area contributed by atoms with Gasteiger partial charge in [0.05, 0.1) is 0 Å². The largest absolute Gasteiger partial charge is 0.360 e. The Morgan fingerprint density at radius 1 is 1.10 bits per heavy atom. The predicted molar refractivity (Wildman–Crippen MR) is 83.7 cm³/mol. The molecule has 0 spiro atoms. The SMILES string of the molecule is Cc1cccc(NC(=O)c2c[nH]c3ccccc3c2=O)c1. The molecule has 2 N–H and O–H groups in total. The lowest BCUT2D eigenvalue weighted by Gasteiger charge is -2.06. The molecule has 0 aliphatic heterocycles. The molecule has 1 aromatic heterocycles. The molecule has 0 fully saturated rings. The summed E-state index contributed by atoms with van der Waals surface area (Å²) in [7, 11) is 0. The summed E-state index contributed by atoms with van der Waals surface area (Å²) in [4.78, 5) is 27.6. The summed E-state index contributed by atoms with van der Waals surface area (Å²) < 4.78 is 0. The van der Waals surface area contributed by atoms with Crippen molar-refractivity contribution in [2.24, 2.45) is 0 Å². The maximum atomic E-state index is 12.3. The first-order chi connectivity index (χ1) is 10.1. The van der Waals surface area contributed by atoms with E-state index in [-0.39, 0.29) is 11.0 Å². The third-order valence-corrected chi connectivity index (χ3v) is 3.31. The minimum absolute atomic E-state index is 0.107. The Balaban J connectivity index is 1.99. The van der Waals surface area contributed by atoms with Gasteiger partial charge in [-0.25, -0.2) is 0 Å². The number of nitrogens with one attached hydrogen (secondary N) is 2. The van der Waals surface area contributed by atoms with Crippen LogP contribution in [0.2, 0.25) is 0 Å². The van der Waals surface area contributed by atoms with Gasteiger partial charge in [0, 0.05) is 22.8 Å². The molecule has 0 unspecified atom stereocenters. The fourth-order valence-corrected chi connectivity index (χ4v) is 2.26. The second-order valence-electron chi connectivity index (χ2n) is 4.90. The monoisotopic (exact) mass is 278 g/mol. The van der Waals surface area contributed by atoms with E-state index in [4.69, 9.17) is 0 Å². The second kappa shape index (κ2) is 5.25. The van der Waals surface area contributed by atoms with Gasteiger partial charge in [0.15, 0.2) is 0 Å². The summed E-state index contributed by atoms with van der Waals surface area (Å²) in [5.41, 5.74) is 2.27. The number of benzene rings is 2. The maximum absolute atomic E-state index is 12.3. The normalized spacial score (nSPS) is 10.5. The molecule has 1 heterocycles. The van der Waals surface area contributed by atoms with Crippen molar-refractivity contribution in [2.45, 2.75) is 6.92 Å². The first-order valence-electron chi connectivity index (χ1n) is 6.63. The van der Waals surface area contributed by atoms with Gasteiger partial charge < -0.3 is 10.3 Å². The van der Waals surface area contributed by atoms with Crippen molar-refractivity contribution in [2.75, 3.05) is 5.32 Å². The Kier molecular flexibility index (Phi) is 3.28. The van der Waals surface area contributed by atoms with E-state index in [9.17, 15) is 9.59 Å². The Morgan fingerprint density at radius 3 is 2.71 bits per heavy atom. The third-order valence-electron chi connectivity index (χ3n) is 3.31. The summed E-state index contributed by atoms with van der Waals surface area (Å²) in [6, 6.07) is 14.6. The molecule has 2 aromatic carbocycles. The molecule has 3 aromatic rings. The van der Waals surface area contributed by atoms with Crippen LogP contribution in [0.25, 0.3) is 10.9 Å². The van der Waals surface area contributed by atoms with Crippen molar-refractivity contribution in [1.82, 2.24) is 4.98 Å². The maximum Gasteiger partial charge on any atom is 0.261 e. The van der Waals surface area contributed by atoms with Gasteiger partial charge in [0.25, 0.3) is 5.91 Å². The first-order valence-corrected chi connectivity index (χ1v) is 6.63. The van der Waals surface area contributed by atoms with E-state index >= 15 is 0 Å². The van der Waals surface area contributed by atoms with Crippen molar-refractivity contribution >= 4 is 22.5 Å². The molecule has 0 bridgehead atoms. The Hall–Kier alpha value is -2.88. The van der Waals surface area contributed by atoms with Crippen LogP contribution in [0.3, 0.4) is 0 Å². The molecule has 21 heavy (non-hydrogen) atoms. The van der Waals surface area contributed by atoms with Crippen molar-refractivity contribution < 1.29 is 4.79 Å². The Bertz CT molecular complexity index is 881. The Labute approximate surface area is 121 Å². The molecule has 3 rings (SSSR count). The van der Waals surface area contributed by atoms with Gasteiger partial charge in [0.2, 0.25) is 5.43 Å². The van der Waals surface area contributed by atoms with Crippen LogP contribution in [0.15, 0.2) is 59.5 Å². The van der Waals surface area contributed by atoms with Gasteiger partial charge in [-0.15, -0.1) is 0 Å². The van der Waals surface area contributed by atoms with E-state index in [0.29, 0.717) is 11.1 Å². The number of para-hydroxylation sites is 1. The van der Waals surface area contributed by atoms with Crippen LogP contribution in [0, 0.1) is 6.92 Å². The van der Waals surface area contributed by atoms with Crippen LogP contribution in [-0.4, -0.2) is 10.9 Å². The summed E-state index contributed by atoms with van der Waals surface area (Å²) in [5.74, 6) is -0.410. The number of carbonyl (C=O) groups excluding carboxylic acids is 1. The van der Waals surface area contributed by atoms with Crippen LogP contribution < -0.4 is 10.7 Å². The lowest BCUT2D eigenvalue weighted by molar-refractivity contribution is 0.102. The standard InChI is InChI=1S/C17H14N2O2/c1-11-5-4-6-12(9-11)19-17(21)14-10-18-15-8-3-2-7-13(15)16(14)20/h2-10H,1H3,(H,18,20)(H,19,21). The number of aromatic amines is 1. The zero-order chi connectivity index (χ0) is 14.8. The fourth-order valence-electron chi connectivity index (χ4n) is 2.26. The lowest BCUT2D eigenvalue weighted by Crippen LogP contribution is -2.21. The fraction of sp³-hybridized carbons (Fsp3) is 0.0588. The van der Waals surface area contributed by atoms with E-state index in [2.05, 4.69) is 10.3 Å². The number of hydrogen-bond acceptors (Lipinski definition) is 2. The van der Waals surface area contributed by atoms with Crippen LogP contribution in [0.4, 0.5) is 5.69 Å². The van der Waals surface area contributed by atoms with Crippen LogP contribution in [-0.2, 0) is 0 Å². The average Bonchev–Trinajstić information content (AvgIpc) is 2.48. The van der Waals surface area contributed by atoms with E-state index in [1.165, 1.54) is 6.20 Å². The second-order valence-corrected chi connectivity index (χ2v) is 4.90. The molecule has 104 valence electrons. The van der Waals surface area contributed by atoms with Crippen LogP contribution in [0.5, 0.6) is 0 Å². The van der Waals surface area contributed by atoms with Crippen LogP contribution in [0.1, 0.15) is 15.9 Å². The van der Waals surface area contributed by atoms with Crippen molar-refractivity contribution in [1.29, 1.82) is 0 Å². The van der Waals surface area contributed by atoms with Crippen LogP contribution >= 0.6 is 0 Å². The number of carbonyl (C=O) groups is 1. The molecular weight excluding hydrogens is 264 g/mol. The number of rotatable bonds is 2. The Morgan fingerprint density at radius 2 is 1.90 bits per heavy atom. The van der Waals surface area contributed by atoms with E-state index in [1.54, 1.807) is 24.3 Å². The van der Waals surface area contributed by atoms with Crippen molar-refractivity contribution in [3.8, 4) is 0 Å². The molecule has 0 atom stereocenters. The molecule has 1 amide bonds. The molecule has 0 aliphatic carbocycles. The van der Waals surface area contributed by atoms with Gasteiger partial charge in [-0.2, -0.15) is 0 Å². The highest BCUT2D eigenvalue weighted by atomic mass is 16.2. The first kappa shape index (κ1) is 13.1. The summed E-state index contributed by atoms with van der Waals surface area (Å²) in [6.07, 6.45) is 1.45. The minimum atomic E-state index is -0.410. The average molecular weight is 278 g/mol.